The van der Waals surface area contributed by atoms with E-state index in [4.69, 9.17) is 0 Å². The van der Waals surface area contributed by atoms with E-state index < -0.39 is 10.0 Å². The average molecular weight is 365 g/mol. The summed E-state index contributed by atoms with van der Waals surface area (Å²) >= 11 is 0. The van der Waals surface area contributed by atoms with E-state index in [9.17, 15) is 18.0 Å². The van der Waals surface area contributed by atoms with Crippen LogP contribution in [0, 0.1) is 0 Å². The van der Waals surface area contributed by atoms with Crippen LogP contribution in [0.25, 0.3) is 0 Å². The fourth-order valence-electron chi connectivity index (χ4n) is 3.40. The van der Waals surface area contributed by atoms with Gasteiger partial charge in [-0.2, -0.15) is 0 Å². The van der Waals surface area contributed by atoms with E-state index >= 15 is 0 Å². The van der Waals surface area contributed by atoms with Crippen LogP contribution in [0.3, 0.4) is 0 Å². The van der Waals surface area contributed by atoms with E-state index in [1.165, 1.54) is 10.6 Å². The number of anilines is 1. The molecule has 0 bridgehead atoms. The fraction of sp³-hybridized carbons (Fsp3) is 0.529. The highest BCUT2D eigenvalue weighted by molar-refractivity contribution is 7.88. The van der Waals surface area contributed by atoms with Gasteiger partial charge in [0.1, 0.15) is 0 Å². The molecule has 0 aliphatic carbocycles. The van der Waals surface area contributed by atoms with Crippen molar-refractivity contribution in [3.8, 4) is 0 Å². The Hall–Kier alpha value is -1.93. The molecular formula is C17H23N3O4S. The van der Waals surface area contributed by atoms with Crippen molar-refractivity contribution in [2.45, 2.75) is 19.3 Å². The Labute approximate surface area is 148 Å². The van der Waals surface area contributed by atoms with Crippen LogP contribution in [-0.4, -0.2) is 68.9 Å². The molecule has 7 nitrogen and oxygen atoms in total. The van der Waals surface area contributed by atoms with E-state index in [0.717, 1.165) is 11.3 Å². The molecule has 2 aliphatic rings. The molecule has 1 fully saturated rings. The Kier molecular flexibility index (Phi) is 4.83. The molecule has 0 N–H and O–H groups in total. The highest BCUT2D eigenvalue weighted by Crippen LogP contribution is 2.28. The SMILES string of the molecule is CN1C(=O)CCc2cc(C(=O)N3CCCN(S(C)(=O)=O)CC3)ccc21. The van der Waals surface area contributed by atoms with Crippen molar-refractivity contribution in [1.29, 1.82) is 0 Å². The van der Waals surface area contributed by atoms with Crippen LogP contribution in [0.15, 0.2) is 18.2 Å². The van der Waals surface area contributed by atoms with E-state index in [0.29, 0.717) is 51.0 Å². The van der Waals surface area contributed by atoms with E-state index in [2.05, 4.69) is 0 Å². The number of hydrogen-bond acceptors (Lipinski definition) is 4. The van der Waals surface area contributed by atoms with E-state index in [1.54, 1.807) is 22.9 Å². The number of aryl methyl sites for hydroxylation is 1. The molecule has 0 saturated carbocycles. The van der Waals surface area contributed by atoms with E-state index in [-0.39, 0.29) is 11.8 Å². The predicted molar refractivity (Wildman–Crippen MR) is 95.1 cm³/mol. The van der Waals surface area contributed by atoms with E-state index in [1.807, 2.05) is 12.1 Å². The summed E-state index contributed by atoms with van der Waals surface area (Å²) in [4.78, 5) is 27.9. The summed E-state index contributed by atoms with van der Waals surface area (Å²) in [5, 5.41) is 0. The Morgan fingerprint density at radius 1 is 1.08 bits per heavy atom. The molecule has 0 spiro atoms. The summed E-state index contributed by atoms with van der Waals surface area (Å²) < 4.78 is 24.8. The van der Waals surface area contributed by atoms with Gasteiger partial charge in [0, 0.05) is 50.9 Å². The number of nitrogens with zero attached hydrogens (tertiary/aromatic N) is 3. The zero-order valence-corrected chi connectivity index (χ0v) is 15.4. The van der Waals surface area contributed by atoms with Gasteiger partial charge in [-0.3, -0.25) is 9.59 Å². The second-order valence-electron chi connectivity index (χ2n) is 6.60. The minimum Gasteiger partial charge on any atom is -0.337 e. The monoisotopic (exact) mass is 365 g/mol. The Bertz CT molecular complexity index is 806. The van der Waals surface area contributed by atoms with Gasteiger partial charge >= 0.3 is 0 Å². The van der Waals surface area contributed by atoms with Gasteiger partial charge in [0.2, 0.25) is 15.9 Å². The number of fused-ring (bicyclic) bond motifs is 1. The molecule has 0 unspecified atom stereocenters. The third-order valence-electron chi connectivity index (χ3n) is 4.88. The zero-order chi connectivity index (χ0) is 18.2. The van der Waals surface area contributed by atoms with Crippen LogP contribution in [-0.2, 0) is 21.2 Å². The summed E-state index contributed by atoms with van der Waals surface area (Å²) in [6.07, 6.45) is 2.92. The van der Waals surface area contributed by atoms with Crippen molar-refractivity contribution in [3.63, 3.8) is 0 Å². The van der Waals surface area contributed by atoms with Gasteiger partial charge < -0.3 is 9.80 Å². The molecule has 2 heterocycles. The van der Waals surface area contributed by atoms with Crippen LogP contribution in [0.4, 0.5) is 5.69 Å². The average Bonchev–Trinajstić information content (AvgIpc) is 2.83. The lowest BCUT2D eigenvalue weighted by Crippen LogP contribution is -2.37. The normalized spacial score (nSPS) is 19.5. The van der Waals surface area contributed by atoms with Crippen LogP contribution < -0.4 is 4.90 Å². The molecular weight excluding hydrogens is 342 g/mol. The summed E-state index contributed by atoms with van der Waals surface area (Å²) in [5.74, 6) is -0.00216. The number of rotatable bonds is 2. The molecule has 1 saturated heterocycles. The van der Waals surface area contributed by atoms with Crippen LogP contribution in [0.5, 0.6) is 0 Å². The van der Waals surface area contributed by atoms with Crippen LogP contribution in [0.1, 0.15) is 28.8 Å². The Morgan fingerprint density at radius 3 is 2.56 bits per heavy atom. The van der Waals surface area contributed by atoms with Gasteiger partial charge in [-0.15, -0.1) is 0 Å². The first-order chi connectivity index (χ1) is 11.8. The molecule has 3 rings (SSSR count). The fourth-order valence-corrected chi connectivity index (χ4v) is 4.27. The minimum atomic E-state index is -3.23. The molecule has 25 heavy (non-hydrogen) atoms. The first-order valence-corrected chi connectivity index (χ1v) is 10.3. The molecule has 1 aromatic rings. The van der Waals surface area contributed by atoms with Crippen molar-refractivity contribution in [3.05, 3.63) is 29.3 Å². The summed E-state index contributed by atoms with van der Waals surface area (Å²) in [6.45, 7) is 1.70. The van der Waals surface area contributed by atoms with Gasteiger partial charge in [-0.25, -0.2) is 12.7 Å². The van der Waals surface area contributed by atoms with Crippen molar-refractivity contribution in [2.24, 2.45) is 0 Å². The second-order valence-corrected chi connectivity index (χ2v) is 8.59. The van der Waals surface area contributed by atoms with Crippen LogP contribution >= 0.6 is 0 Å². The van der Waals surface area contributed by atoms with Gasteiger partial charge in [0.15, 0.2) is 0 Å². The van der Waals surface area contributed by atoms with Gasteiger partial charge in [-0.1, -0.05) is 0 Å². The van der Waals surface area contributed by atoms with Crippen molar-refractivity contribution < 1.29 is 18.0 Å². The Balaban J connectivity index is 1.76. The Morgan fingerprint density at radius 2 is 1.84 bits per heavy atom. The molecule has 136 valence electrons. The summed E-state index contributed by atoms with van der Waals surface area (Å²) in [7, 11) is -1.48. The number of carbonyl (C=O) groups excluding carboxylic acids is 2. The second kappa shape index (κ2) is 6.76. The molecule has 0 atom stereocenters. The number of hydrogen-bond donors (Lipinski definition) is 0. The maximum atomic E-state index is 12.8. The summed E-state index contributed by atoms with van der Waals surface area (Å²) in [6, 6.07) is 5.43. The summed E-state index contributed by atoms with van der Waals surface area (Å²) in [5.41, 5.74) is 2.45. The topological polar surface area (TPSA) is 78.0 Å². The lowest BCUT2D eigenvalue weighted by Gasteiger charge is -2.27. The molecule has 1 aromatic carbocycles. The number of benzene rings is 1. The zero-order valence-electron chi connectivity index (χ0n) is 14.6. The highest BCUT2D eigenvalue weighted by atomic mass is 32.2. The lowest BCUT2D eigenvalue weighted by atomic mass is 9.98. The highest BCUT2D eigenvalue weighted by Gasteiger charge is 2.26. The first-order valence-electron chi connectivity index (χ1n) is 8.41. The smallest absolute Gasteiger partial charge is 0.253 e. The quantitative estimate of drug-likeness (QED) is 0.773. The van der Waals surface area contributed by atoms with Gasteiger partial charge in [0.05, 0.1) is 6.26 Å². The predicted octanol–water partition coefficient (Wildman–Crippen LogP) is 0.703. The minimum absolute atomic E-state index is 0.0833. The number of amides is 2. The maximum absolute atomic E-state index is 12.8. The molecule has 2 amide bonds. The van der Waals surface area contributed by atoms with Crippen molar-refractivity contribution >= 4 is 27.5 Å². The van der Waals surface area contributed by atoms with Crippen molar-refractivity contribution in [2.75, 3.05) is 44.4 Å². The first kappa shape index (κ1) is 17.9. The number of carbonyl (C=O) groups is 2. The molecule has 0 aromatic heterocycles. The molecule has 0 radical (unpaired) electrons. The standard InChI is InChI=1S/C17H23N3O4S/c1-18-15-6-4-14(12-13(15)5-7-16(18)21)17(22)19-8-3-9-20(11-10-19)25(2,23)24/h4,6,12H,3,5,7-11H2,1-2H3. The lowest BCUT2D eigenvalue weighted by molar-refractivity contribution is -0.118. The van der Waals surface area contributed by atoms with Gasteiger partial charge in [-0.05, 0) is 36.6 Å². The maximum Gasteiger partial charge on any atom is 0.253 e. The third kappa shape index (κ3) is 3.69. The largest absolute Gasteiger partial charge is 0.337 e. The van der Waals surface area contributed by atoms with Crippen LogP contribution in [0.2, 0.25) is 0 Å². The third-order valence-corrected chi connectivity index (χ3v) is 6.18. The molecule has 8 heteroatoms. The van der Waals surface area contributed by atoms with Crippen molar-refractivity contribution in [1.82, 2.24) is 9.21 Å². The number of sulfonamides is 1. The van der Waals surface area contributed by atoms with Gasteiger partial charge in [0.25, 0.3) is 5.91 Å². The molecule has 2 aliphatic heterocycles.